The van der Waals surface area contributed by atoms with Gasteiger partial charge in [0, 0.05) is 16.1 Å². The van der Waals surface area contributed by atoms with Gasteiger partial charge < -0.3 is 16.4 Å². The summed E-state index contributed by atoms with van der Waals surface area (Å²) in [5.41, 5.74) is 6.98. The molecule has 1 saturated carbocycles. The van der Waals surface area contributed by atoms with E-state index in [9.17, 15) is 4.79 Å². The molecule has 0 spiro atoms. The number of carbonyl (C=O) groups excluding carboxylic acids is 1. The van der Waals surface area contributed by atoms with Gasteiger partial charge in [0.2, 0.25) is 0 Å². The summed E-state index contributed by atoms with van der Waals surface area (Å²) in [4.78, 5) is 12.3. The summed E-state index contributed by atoms with van der Waals surface area (Å²) >= 11 is 8.38. The molecule has 6 heteroatoms. The molecule has 0 aliphatic heterocycles. The lowest BCUT2D eigenvalue weighted by Gasteiger charge is -2.23. The Hall–Kier alpha value is -1.14. The molecule has 108 valence electrons. The number of benzene rings is 1. The van der Waals surface area contributed by atoms with E-state index in [2.05, 4.69) is 26.6 Å². The molecule has 1 aliphatic rings. The number of amides is 2. The number of urea groups is 1. The summed E-state index contributed by atoms with van der Waals surface area (Å²) < 4.78 is 0.874. The second-order valence-electron chi connectivity index (χ2n) is 4.99. The molecular formula is C14H18BrN3OS. The highest BCUT2D eigenvalue weighted by Gasteiger charge is 2.16. The van der Waals surface area contributed by atoms with Gasteiger partial charge in [0.15, 0.2) is 0 Å². The number of hydrogen-bond donors (Lipinski definition) is 3. The zero-order valence-electron chi connectivity index (χ0n) is 11.1. The fourth-order valence-corrected chi connectivity index (χ4v) is 2.95. The van der Waals surface area contributed by atoms with Gasteiger partial charge in [-0.1, -0.05) is 47.4 Å². The lowest BCUT2D eigenvalue weighted by Crippen LogP contribution is -2.39. The topological polar surface area (TPSA) is 67.1 Å². The van der Waals surface area contributed by atoms with Crippen LogP contribution in [0.2, 0.25) is 0 Å². The van der Waals surface area contributed by atoms with Crippen LogP contribution in [0.25, 0.3) is 0 Å². The van der Waals surface area contributed by atoms with Crippen molar-refractivity contribution in [1.82, 2.24) is 5.32 Å². The first kappa shape index (κ1) is 15.3. The average Bonchev–Trinajstić information content (AvgIpc) is 2.41. The zero-order valence-corrected chi connectivity index (χ0v) is 13.5. The van der Waals surface area contributed by atoms with Crippen LogP contribution in [0.15, 0.2) is 22.7 Å². The molecule has 0 saturated heterocycles. The summed E-state index contributed by atoms with van der Waals surface area (Å²) in [6.07, 6.45) is 5.73. The van der Waals surface area contributed by atoms with Gasteiger partial charge in [-0.15, -0.1) is 0 Å². The lowest BCUT2D eigenvalue weighted by molar-refractivity contribution is 0.244. The van der Waals surface area contributed by atoms with Crippen LogP contribution in [0.1, 0.15) is 37.7 Å². The minimum atomic E-state index is -0.197. The van der Waals surface area contributed by atoms with Gasteiger partial charge in [-0.25, -0.2) is 4.79 Å². The van der Waals surface area contributed by atoms with Crippen LogP contribution < -0.4 is 16.4 Å². The van der Waals surface area contributed by atoms with E-state index >= 15 is 0 Å². The van der Waals surface area contributed by atoms with E-state index in [1.54, 1.807) is 12.1 Å². The smallest absolute Gasteiger partial charge is 0.319 e. The summed E-state index contributed by atoms with van der Waals surface area (Å²) in [6.45, 7) is 0. The van der Waals surface area contributed by atoms with Crippen LogP contribution in [-0.2, 0) is 0 Å². The standard InChI is InChI=1S/C14H18BrN3OS/c15-9-6-7-12(11(8-9)13(16)20)18-14(19)17-10-4-2-1-3-5-10/h6-8,10H,1-5H2,(H2,16,20)(H2,17,18,19). The second kappa shape index (κ2) is 7.04. The van der Waals surface area contributed by atoms with Crippen molar-refractivity contribution in [2.24, 2.45) is 5.73 Å². The van der Waals surface area contributed by atoms with Crippen LogP contribution in [0.5, 0.6) is 0 Å². The van der Waals surface area contributed by atoms with Gasteiger partial charge in [-0.05, 0) is 31.0 Å². The van der Waals surface area contributed by atoms with E-state index in [1.807, 2.05) is 6.07 Å². The number of anilines is 1. The highest BCUT2D eigenvalue weighted by molar-refractivity contribution is 9.10. The van der Waals surface area contributed by atoms with E-state index in [0.717, 1.165) is 17.3 Å². The third kappa shape index (κ3) is 4.18. The number of hydrogen-bond acceptors (Lipinski definition) is 2. The molecule has 4 nitrogen and oxygen atoms in total. The van der Waals surface area contributed by atoms with E-state index in [0.29, 0.717) is 11.3 Å². The van der Waals surface area contributed by atoms with Gasteiger partial charge in [-0.3, -0.25) is 0 Å². The highest BCUT2D eigenvalue weighted by Crippen LogP contribution is 2.22. The fraction of sp³-hybridized carbons (Fsp3) is 0.429. The minimum Gasteiger partial charge on any atom is -0.389 e. The van der Waals surface area contributed by atoms with E-state index in [1.165, 1.54) is 19.3 Å². The molecule has 1 fully saturated rings. The van der Waals surface area contributed by atoms with Crippen molar-refractivity contribution in [2.75, 3.05) is 5.32 Å². The number of thiocarbonyl (C=S) groups is 1. The van der Waals surface area contributed by atoms with Crippen molar-refractivity contribution in [2.45, 2.75) is 38.1 Å². The van der Waals surface area contributed by atoms with Gasteiger partial charge in [-0.2, -0.15) is 0 Å². The van der Waals surface area contributed by atoms with Crippen molar-refractivity contribution >= 4 is 44.9 Å². The summed E-state index contributed by atoms with van der Waals surface area (Å²) in [5, 5.41) is 5.83. The Labute approximate surface area is 132 Å². The molecule has 1 aliphatic carbocycles. The van der Waals surface area contributed by atoms with Crippen molar-refractivity contribution < 1.29 is 4.79 Å². The predicted molar refractivity (Wildman–Crippen MR) is 89.1 cm³/mol. The van der Waals surface area contributed by atoms with Gasteiger partial charge in [0.05, 0.1) is 5.69 Å². The minimum absolute atomic E-state index is 0.197. The number of rotatable bonds is 3. The van der Waals surface area contributed by atoms with Gasteiger partial charge in [0.25, 0.3) is 0 Å². The summed E-state index contributed by atoms with van der Waals surface area (Å²) in [5.74, 6) is 0. The monoisotopic (exact) mass is 355 g/mol. The van der Waals surface area contributed by atoms with Gasteiger partial charge >= 0.3 is 6.03 Å². The Morgan fingerprint density at radius 2 is 2.00 bits per heavy atom. The molecule has 20 heavy (non-hydrogen) atoms. The van der Waals surface area contributed by atoms with E-state index < -0.39 is 0 Å². The third-order valence-corrected chi connectivity index (χ3v) is 4.15. The lowest BCUT2D eigenvalue weighted by atomic mass is 9.96. The maximum atomic E-state index is 12.0. The van der Waals surface area contributed by atoms with E-state index in [4.69, 9.17) is 18.0 Å². The Bertz CT molecular complexity index is 515. The maximum absolute atomic E-state index is 12.0. The second-order valence-corrected chi connectivity index (χ2v) is 6.34. The largest absolute Gasteiger partial charge is 0.389 e. The molecule has 0 radical (unpaired) electrons. The average molecular weight is 356 g/mol. The Morgan fingerprint density at radius 1 is 1.30 bits per heavy atom. The summed E-state index contributed by atoms with van der Waals surface area (Å²) in [6, 6.07) is 5.51. The number of nitrogens with two attached hydrogens (primary N) is 1. The molecule has 4 N–H and O–H groups in total. The van der Waals surface area contributed by atoms with Crippen molar-refractivity contribution in [3.05, 3.63) is 28.2 Å². The van der Waals surface area contributed by atoms with Crippen LogP contribution in [0.3, 0.4) is 0 Å². The predicted octanol–water partition coefficient (Wildman–Crippen LogP) is 3.54. The zero-order chi connectivity index (χ0) is 14.5. The molecule has 1 aromatic carbocycles. The maximum Gasteiger partial charge on any atom is 0.319 e. The number of carbonyl (C=O) groups is 1. The molecule has 0 unspecified atom stereocenters. The van der Waals surface area contributed by atoms with Crippen LogP contribution in [-0.4, -0.2) is 17.1 Å². The third-order valence-electron chi connectivity index (χ3n) is 3.44. The number of halogens is 1. The SMILES string of the molecule is NC(=S)c1cc(Br)ccc1NC(=O)NC1CCCCC1. The Morgan fingerprint density at radius 3 is 2.65 bits per heavy atom. The summed E-state index contributed by atoms with van der Waals surface area (Å²) in [7, 11) is 0. The van der Waals surface area contributed by atoms with Gasteiger partial charge in [0.1, 0.15) is 4.99 Å². The van der Waals surface area contributed by atoms with Crippen LogP contribution >= 0.6 is 28.1 Å². The molecule has 0 heterocycles. The normalized spacial score (nSPS) is 15.7. The van der Waals surface area contributed by atoms with E-state index in [-0.39, 0.29) is 17.1 Å². The highest BCUT2D eigenvalue weighted by atomic mass is 79.9. The van der Waals surface area contributed by atoms with Crippen LogP contribution in [0, 0.1) is 0 Å². The van der Waals surface area contributed by atoms with Crippen molar-refractivity contribution in [3.8, 4) is 0 Å². The molecule has 0 aromatic heterocycles. The first-order chi connectivity index (χ1) is 9.56. The first-order valence-electron chi connectivity index (χ1n) is 6.73. The molecule has 0 atom stereocenters. The Balaban J connectivity index is 2.01. The molecular weight excluding hydrogens is 338 g/mol. The number of nitrogens with one attached hydrogen (secondary N) is 2. The molecule has 2 rings (SSSR count). The quantitative estimate of drug-likeness (QED) is 0.726. The first-order valence-corrected chi connectivity index (χ1v) is 7.93. The van der Waals surface area contributed by atoms with Crippen LogP contribution in [0.4, 0.5) is 10.5 Å². The fourth-order valence-electron chi connectivity index (χ4n) is 2.42. The van der Waals surface area contributed by atoms with Crippen molar-refractivity contribution in [3.63, 3.8) is 0 Å². The molecule has 2 amide bonds. The Kier molecular flexibility index (Phi) is 5.37. The molecule has 0 bridgehead atoms. The van der Waals surface area contributed by atoms with Crippen molar-refractivity contribution in [1.29, 1.82) is 0 Å². The molecule has 1 aromatic rings.